The van der Waals surface area contributed by atoms with Crippen molar-refractivity contribution < 1.29 is 0 Å². The summed E-state index contributed by atoms with van der Waals surface area (Å²) in [5.41, 5.74) is 0.589. The zero-order valence-corrected chi connectivity index (χ0v) is 10.2. The van der Waals surface area contributed by atoms with Crippen molar-refractivity contribution in [3.05, 3.63) is 17.0 Å². The lowest BCUT2D eigenvalue weighted by Gasteiger charge is -2.15. The highest BCUT2D eigenvalue weighted by molar-refractivity contribution is 6.29. The first-order valence-corrected chi connectivity index (χ1v) is 6.31. The maximum Gasteiger partial charge on any atom is 0.134 e. The van der Waals surface area contributed by atoms with E-state index < -0.39 is 0 Å². The van der Waals surface area contributed by atoms with Crippen molar-refractivity contribution in [1.29, 1.82) is 0 Å². The summed E-state index contributed by atoms with van der Waals surface area (Å²) in [6, 6.07) is 1.80. The number of nitrogens with one attached hydrogen (secondary N) is 1. The lowest BCUT2D eigenvalue weighted by Crippen LogP contribution is -2.18. The second-order valence-corrected chi connectivity index (χ2v) is 5.50. The zero-order valence-electron chi connectivity index (χ0n) is 9.46. The van der Waals surface area contributed by atoms with Crippen LogP contribution in [0.15, 0.2) is 6.07 Å². The van der Waals surface area contributed by atoms with Crippen LogP contribution in [0, 0.1) is 18.3 Å². The Hall–Kier alpha value is -0.830. The third kappa shape index (κ3) is 2.01. The molecule has 0 aromatic carbocycles. The lowest BCUT2D eigenvalue weighted by molar-refractivity contribution is 0.466. The summed E-state index contributed by atoms with van der Waals surface area (Å²) in [5.74, 6) is 2.56. The predicted molar refractivity (Wildman–Crippen MR) is 64.7 cm³/mol. The van der Waals surface area contributed by atoms with Crippen molar-refractivity contribution in [3.63, 3.8) is 0 Å². The zero-order chi connectivity index (χ0) is 11.2. The van der Waals surface area contributed by atoms with Gasteiger partial charge in [-0.15, -0.1) is 0 Å². The summed E-state index contributed by atoms with van der Waals surface area (Å²) in [4.78, 5) is 8.39. The molecule has 0 aliphatic heterocycles. The van der Waals surface area contributed by atoms with Crippen LogP contribution in [0.25, 0.3) is 0 Å². The van der Waals surface area contributed by atoms with Gasteiger partial charge in [-0.05, 0) is 43.9 Å². The Kier molecular flexibility index (Phi) is 2.32. The summed E-state index contributed by atoms with van der Waals surface area (Å²) in [6.45, 7) is 2.91. The molecule has 0 atom stereocenters. The highest BCUT2D eigenvalue weighted by Crippen LogP contribution is 2.61. The molecular formula is C12H16ClN3. The van der Waals surface area contributed by atoms with E-state index >= 15 is 0 Å². The van der Waals surface area contributed by atoms with Crippen LogP contribution in [-0.2, 0) is 0 Å². The van der Waals surface area contributed by atoms with E-state index in [9.17, 15) is 0 Å². The molecule has 2 saturated carbocycles. The Morgan fingerprint density at radius 1 is 1.44 bits per heavy atom. The van der Waals surface area contributed by atoms with Crippen molar-refractivity contribution in [2.24, 2.45) is 11.3 Å². The minimum absolute atomic E-state index is 0.520. The van der Waals surface area contributed by atoms with Gasteiger partial charge in [-0.25, -0.2) is 9.97 Å². The van der Waals surface area contributed by atoms with Gasteiger partial charge in [0.1, 0.15) is 16.8 Å². The molecule has 1 aromatic heterocycles. The average Bonchev–Trinajstić information content (AvgIpc) is 3.07. The number of nitrogens with zero attached hydrogens (tertiary/aromatic N) is 2. The van der Waals surface area contributed by atoms with Crippen molar-refractivity contribution in [3.8, 4) is 0 Å². The SMILES string of the molecule is Cc1nc(Cl)cc(NCC2(C3CC3)CC2)n1. The molecule has 3 rings (SSSR count). The Labute approximate surface area is 101 Å². The van der Waals surface area contributed by atoms with Crippen LogP contribution < -0.4 is 5.32 Å². The Morgan fingerprint density at radius 3 is 2.75 bits per heavy atom. The van der Waals surface area contributed by atoms with E-state index in [1.54, 1.807) is 6.07 Å². The van der Waals surface area contributed by atoms with Gasteiger partial charge < -0.3 is 5.32 Å². The van der Waals surface area contributed by atoms with Crippen LogP contribution in [0.5, 0.6) is 0 Å². The third-order valence-electron chi connectivity index (χ3n) is 3.76. The van der Waals surface area contributed by atoms with Crippen LogP contribution in [0.4, 0.5) is 5.82 Å². The molecule has 1 heterocycles. The monoisotopic (exact) mass is 237 g/mol. The fourth-order valence-electron chi connectivity index (χ4n) is 2.47. The molecule has 2 aliphatic carbocycles. The van der Waals surface area contributed by atoms with E-state index in [-0.39, 0.29) is 0 Å². The minimum atomic E-state index is 0.520. The molecular weight excluding hydrogens is 222 g/mol. The number of rotatable bonds is 4. The third-order valence-corrected chi connectivity index (χ3v) is 3.96. The van der Waals surface area contributed by atoms with Gasteiger partial charge in [0.2, 0.25) is 0 Å². The maximum atomic E-state index is 5.90. The molecule has 0 amide bonds. The highest BCUT2D eigenvalue weighted by Gasteiger charge is 2.53. The van der Waals surface area contributed by atoms with Crippen LogP contribution >= 0.6 is 11.6 Å². The molecule has 1 aromatic rings. The molecule has 0 unspecified atom stereocenters. The van der Waals surface area contributed by atoms with Crippen LogP contribution in [0.2, 0.25) is 5.15 Å². The van der Waals surface area contributed by atoms with Gasteiger partial charge >= 0.3 is 0 Å². The molecule has 4 heteroatoms. The molecule has 86 valence electrons. The molecule has 0 saturated heterocycles. The fraction of sp³-hybridized carbons (Fsp3) is 0.667. The summed E-state index contributed by atoms with van der Waals surface area (Å²) in [7, 11) is 0. The molecule has 3 nitrogen and oxygen atoms in total. The summed E-state index contributed by atoms with van der Waals surface area (Å²) >= 11 is 5.90. The average molecular weight is 238 g/mol. The smallest absolute Gasteiger partial charge is 0.134 e. The number of hydrogen-bond acceptors (Lipinski definition) is 3. The van der Waals surface area contributed by atoms with E-state index in [0.29, 0.717) is 10.6 Å². The number of anilines is 1. The minimum Gasteiger partial charge on any atom is -0.369 e. The van der Waals surface area contributed by atoms with Gasteiger partial charge in [-0.2, -0.15) is 0 Å². The quantitative estimate of drug-likeness (QED) is 0.818. The Morgan fingerprint density at radius 2 is 2.19 bits per heavy atom. The van der Waals surface area contributed by atoms with Crippen LogP contribution in [0.1, 0.15) is 31.5 Å². The van der Waals surface area contributed by atoms with Crippen molar-refractivity contribution in [1.82, 2.24) is 9.97 Å². The van der Waals surface area contributed by atoms with Crippen molar-refractivity contribution >= 4 is 17.4 Å². The van der Waals surface area contributed by atoms with E-state index in [1.165, 1.54) is 25.7 Å². The fourth-order valence-corrected chi connectivity index (χ4v) is 2.70. The highest BCUT2D eigenvalue weighted by atomic mass is 35.5. The second kappa shape index (κ2) is 3.59. The molecule has 0 bridgehead atoms. The second-order valence-electron chi connectivity index (χ2n) is 5.11. The molecule has 2 fully saturated rings. The standard InChI is InChI=1S/C12H16ClN3/c1-8-15-10(13)6-11(16-8)14-7-12(4-5-12)9-2-3-9/h6,9H,2-5,7H2,1H3,(H,14,15,16). The first-order chi connectivity index (χ1) is 7.68. The first-order valence-electron chi connectivity index (χ1n) is 5.93. The van der Waals surface area contributed by atoms with Gasteiger partial charge in [0.25, 0.3) is 0 Å². The van der Waals surface area contributed by atoms with Gasteiger partial charge in [0.05, 0.1) is 0 Å². The van der Waals surface area contributed by atoms with Gasteiger partial charge in [-0.3, -0.25) is 0 Å². The van der Waals surface area contributed by atoms with Crippen molar-refractivity contribution in [2.45, 2.75) is 32.6 Å². The Balaban J connectivity index is 1.65. The Bertz CT molecular complexity index is 390. The van der Waals surface area contributed by atoms with Gasteiger partial charge in [-0.1, -0.05) is 11.6 Å². The maximum absolute atomic E-state index is 5.90. The largest absolute Gasteiger partial charge is 0.369 e. The van der Waals surface area contributed by atoms with E-state index in [0.717, 1.165) is 24.1 Å². The van der Waals surface area contributed by atoms with Gasteiger partial charge in [0, 0.05) is 12.6 Å². The molecule has 0 radical (unpaired) electrons. The molecule has 1 N–H and O–H groups in total. The van der Waals surface area contributed by atoms with E-state index in [1.807, 2.05) is 6.92 Å². The number of aromatic nitrogens is 2. The van der Waals surface area contributed by atoms with E-state index in [2.05, 4.69) is 15.3 Å². The number of halogens is 1. The number of hydrogen-bond donors (Lipinski definition) is 1. The summed E-state index contributed by atoms with van der Waals surface area (Å²) in [6.07, 6.45) is 5.60. The number of aryl methyl sites for hydroxylation is 1. The normalized spacial score (nSPS) is 21.9. The van der Waals surface area contributed by atoms with Crippen LogP contribution in [0.3, 0.4) is 0 Å². The van der Waals surface area contributed by atoms with Gasteiger partial charge in [0.15, 0.2) is 0 Å². The van der Waals surface area contributed by atoms with Crippen LogP contribution in [-0.4, -0.2) is 16.5 Å². The topological polar surface area (TPSA) is 37.8 Å². The van der Waals surface area contributed by atoms with E-state index in [4.69, 9.17) is 11.6 Å². The predicted octanol–water partition coefficient (Wildman–Crippen LogP) is 3.04. The lowest BCUT2D eigenvalue weighted by atomic mass is 10.0. The summed E-state index contributed by atoms with van der Waals surface area (Å²) in [5, 5.41) is 3.93. The molecule has 0 spiro atoms. The molecule has 16 heavy (non-hydrogen) atoms. The first kappa shape index (κ1) is 10.3. The van der Waals surface area contributed by atoms with Crippen molar-refractivity contribution in [2.75, 3.05) is 11.9 Å². The molecule has 2 aliphatic rings. The summed E-state index contributed by atoms with van der Waals surface area (Å²) < 4.78 is 0.